The largest absolute Gasteiger partial charge is 0.311 e. The third kappa shape index (κ3) is 2.74. The summed E-state index contributed by atoms with van der Waals surface area (Å²) >= 11 is 3.46. The fraction of sp³-hybridized carbons (Fsp3) is 0.500. The van der Waals surface area contributed by atoms with Crippen molar-refractivity contribution in [2.24, 2.45) is 5.41 Å². The van der Waals surface area contributed by atoms with E-state index in [0.29, 0.717) is 19.4 Å². The van der Waals surface area contributed by atoms with E-state index in [1.54, 1.807) is 11.0 Å². The van der Waals surface area contributed by atoms with Crippen molar-refractivity contribution in [2.75, 3.05) is 16.8 Å². The maximum Gasteiger partial charge on any atom is 0.227 e. The van der Waals surface area contributed by atoms with Gasteiger partial charge >= 0.3 is 0 Å². The van der Waals surface area contributed by atoms with Crippen LogP contribution >= 0.6 is 15.9 Å². The summed E-state index contributed by atoms with van der Waals surface area (Å²) in [5.41, 5.74) is 1.76. The second-order valence-electron chi connectivity index (χ2n) is 5.55. The monoisotopic (exact) mass is 313 g/mol. The van der Waals surface area contributed by atoms with Gasteiger partial charge in [-0.05, 0) is 29.5 Å². The lowest BCUT2D eigenvalue weighted by Crippen LogP contribution is -2.42. The summed E-state index contributed by atoms with van der Waals surface area (Å²) in [5, 5.41) is 0.800. The predicted octanol–water partition coefficient (Wildman–Crippen LogP) is 3.53. The maximum absolute atomic E-state index is 13.4. The predicted molar refractivity (Wildman–Crippen MR) is 74.6 cm³/mol. The van der Waals surface area contributed by atoms with Crippen LogP contribution in [0.15, 0.2) is 18.2 Å². The van der Waals surface area contributed by atoms with Gasteiger partial charge < -0.3 is 4.90 Å². The van der Waals surface area contributed by atoms with Crippen LogP contribution in [0.5, 0.6) is 0 Å². The second kappa shape index (κ2) is 5.00. The van der Waals surface area contributed by atoms with Crippen LogP contribution in [-0.2, 0) is 11.2 Å². The highest BCUT2D eigenvalue weighted by Gasteiger charge is 2.29. The van der Waals surface area contributed by atoms with Gasteiger partial charge in [-0.25, -0.2) is 4.39 Å². The number of rotatable bonds is 3. The van der Waals surface area contributed by atoms with Crippen molar-refractivity contribution in [3.63, 3.8) is 0 Å². The molecule has 0 aromatic heterocycles. The number of aryl methyl sites for hydroxylation is 1. The Morgan fingerprint density at radius 1 is 1.39 bits per heavy atom. The van der Waals surface area contributed by atoms with E-state index in [1.807, 2.05) is 0 Å². The Morgan fingerprint density at radius 2 is 2.11 bits per heavy atom. The van der Waals surface area contributed by atoms with E-state index >= 15 is 0 Å². The molecule has 98 valence electrons. The summed E-state index contributed by atoms with van der Waals surface area (Å²) in [6, 6.07) is 4.71. The van der Waals surface area contributed by atoms with E-state index in [4.69, 9.17) is 0 Å². The summed E-state index contributed by atoms with van der Waals surface area (Å²) in [6.45, 7) is 4.78. The first-order chi connectivity index (χ1) is 8.43. The van der Waals surface area contributed by atoms with Crippen LogP contribution < -0.4 is 4.90 Å². The zero-order valence-corrected chi connectivity index (χ0v) is 12.3. The molecule has 1 aliphatic heterocycles. The standard InChI is InChI=1S/C14H17BrFNO/c1-14(2,8-15)9-17-12-7-11(16)5-3-10(12)4-6-13(17)18/h3,5,7H,4,6,8-9H2,1-2H3. The molecule has 0 saturated carbocycles. The van der Waals surface area contributed by atoms with Gasteiger partial charge in [0.1, 0.15) is 5.82 Å². The average Bonchev–Trinajstić information content (AvgIpc) is 2.33. The van der Waals surface area contributed by atoms with Crippen molar-refractivity contribution in [3.05, 3.63) is 29.6 Å². The Bertz CT molecular complexity index is 473. The summed E-state index contributed by atoms with van der Waals surface area (Å²) < 4.78 is 13.4. The van der Waals surface area contributed by atoms with Gasteiger partial charge in [0.2, 0.25) is 5.91 Å². The molecule has 0 spiro atoms. The fourth-order valence-corrected chi connectivity index (χ4v) is 2.33. The molecule has 0 radical (unpaired) electrons. The lowest BCUT2D eigenvalue weighted by molar-refractivity contribution is -0.119. The molecule has 1 amide bonds. The number of halogens is 2. The van der Waals surface area contributed by atoms with Gasteiger partial charge in [0.15, 0.2) is 0 Å². The summed E-state index contributed by atoms with van der Waals surface area (Å²) in [7, 11) is 0. The van der Waals surface area contributed by atoms with Crippen LogP contribution in [0.4, 0.5) is 10.1 Å². The van der Waals surface area contributed by atoms with Gasteiger partial charge in [0.25, 0.3) is 0 Å². The third-order valence-corrected chi connectivity index (χ3v) is 4.71. The Kier molecular flexibility index (Phi) is 3.76. The van der Waals surface area contributed by atoms with E-state index in [0.717, 1.165) is 16.6 Å². The third-order valence-electron chi connectivity index (χ3n) is 3.20. The highest BCUT2D eigenvalue weighted by atomic mass is 79.9. The molecule has 1 aromatic carbocycles. The number of amides is 1. The Balaban J connectivity index is 2.36. The van der Waals surface area contributed by atoms with E-state index in [9.17, 15) is 9.18 Å². The van der Waals surface area contributed by atoms with Gasteiger partial charge in [0.05, 0.1) is 0 Å². The number of anilines is 1. The first kappa shape index (κ1) is 13.5. The number of carbonyl (C=O) groups is 1. The molecular formula is C14H17BrFNO. The lowest BCUT2D eigenvalue weighted by atomic mass is 9.93. The van der Waals surface area contributed by atoms with Crippen LogP contribution in [0.25, 0.3) is 0 Å². The van der Waals surface area contributed by atoms with Crippen LogP contribution in [-0.4, -0.2) is 17.8 Å². The van der Waals surface area contributed by atoms with E-state index < -0.39 is 0 Å². The minimum Gasteiger partial charge on any atom is -0.311 e. The zero-order chi connectivity index (χ0) is 13.3. The highest BCUT2D eigenvalue weighted by Crippen LogP contribution is 2.32. The minimum atomic E-state index is -0.287. The first-order valence-corrected chi connectivity index (χ1v) is 7.20. The number of nitrogens with zero attached hydrogens (tertiary/aromatic N) is 1. The van der Waals surface area contributed by atoms with E-state index in [1.165, 1.54) is 12.1 Å². The van der Waals surface area contributed by atoms with Crippen LogP contribution in [0.2, 0.25) is 0 Å². The molecule has 2 nitrogen and oxygen atoms in total. The normalized spacial score (nSPS) is 15.8. The smallest absolute Gasteiger partial charge is 0.227 e. The summed E-state index contributed by atoms with van der Waals surface area (Å²) in [4.78, 5) is 13.8. The molecule has 1 heterocycles. The molecular weight excluding hydrogens is 297 g/mol. The zero-order valence-electron chi connectivity index (χ0n) is 10.7. The molecule has 0 N–H and O–H groups in total. The van der Waals surface area contributed by atoms with Gasteiger partial charge in [-0.3, -0.25) is 4.79 Å². The molecule has 0 unspecified atom stereocenters. The second-order valence-corrected chi connectivity index (χ2v) is 6.11. The van der Waals surface area contributed by atoms with Crippen molar-refractivity contribution < 1.29 is 9.18 Å². The molecule has 0 saturated heterocycles. The van der Waals surface area contributed by atoms with Crippen LogP contribution in [0, 0.1) is 11.2 Å². The molecule has 0 fully saturated rings. The Morgan fingerprint density at radius 3 is 2.78 bits per heavy atom. The molecule has 1 aromatic rings. The maximum atomic E-state index is 13.4. The SMILES string of the molecule is CC(C)(CBr)CN1C(=O)CCc2ccc(F)cc21. The quantitative estimate of drug-likeness (QED) is 0.782. The number of benzene rings is 1. The van der Waals surface area contributed by atoms with E-state index in [-0.39, 0.29) is 17.1 Å². The molecule has 4 heteroatoms. The highest BCUT2D eigenvalue weighted by molar-refractivity contribution is 9.09. The molecule has 2 rings (SSSR count). The molecule has 0 bridgehead atoms. The van der Waals surface area contributed by atoms with E-state index in [2.05, 4.69) is 29.8 Å². The van der Waals surface area contributed by atoms with Gasteiger partial charge in [0, 0.05) is 24.0 Å². The number of hydrogen-bond acceptors (Lipinski definition) is 1. The van der Waals surface area contributed by atoms with Crippen molar-refractivity contribution in [2.45, 2.75) is 26.7 Å². The molecule has 1 aliphatic rings. The first-order valence-electron chi connectivity index (χ1n) is 6.08. The number of hydrogen-bond donors (Lipinski definition) is 0. The molecule has 0 atom stereocenters. The molecule has 18 heavy (non-hydrogen) atoms. The molecule has 0 aliphatic carbocycles. The summed E-state index contributed by atoms with van der Waals surface area (Å²) in [6.07, 6.45) is 1.22. The number of alkyl halides is 1. The number of fused-ring (bicyclic) bond motifs is 1. The minimum absolute atomic E-state index is 0.0312. The Labute approximate surface area is 115 Å². The van der Waals surface area contributed by atoms with Crippen LogP contribution in [0.3, 0.4) is 0 Å². The van der Waals surface area contributed by atoms with Crippen molar-refractivity contribution in [1.29, 1.82) is 0 Å². The summed E-state index contributed by atoms with van der Waals surface area (Å²) in [5.74, 6) is -0.202. The van der Waals surface area contributed by atoms with Crippen molar-refractivity contribution in [3.8, 4) is 0 Å². The van der Waals surface area contributed by atoms with Crippen molar-refractivity contribution >= 4 is 27.5 Å². The van der Waals surface area contributed by atoms with Gasteiger partial charge in [-0.15, -0.1) is 0 Å². The van der Waals surface area contributed by atoms with Crippen LogP contribution in [0.1, 0.15) is 25.8 Å². The topological polar surface area (TPSA) is 20.3 Å². The van der Waals surface area contributed by atoms with Gasteiger partial charge in [-0.1, -0.05) is 35.8 Å². The van der Waals surface area contributed by atoms with Crippen molar-refractivity contribution in [1.82, 2.24) is 0 Å². The Hall–Kier alpha value is -0.900. The lowest BCUT2D eigenvalue weighted by Gasteiger charge is -2.35. The average molecular weight is 314 g/mol. The van der Waals surface area contributed by atoms with Gasteiger partial charge in [-0.2, -0.15) is 0 Å². The fourth-order valence-electron chi connectivity index (χ4n) is 2.15. The number of carbonyl (C=O) groups excluding carboxylic acids is 1.